The number of aliphatic hydroxyl groups excluding tert-OH is 11. The lowest BCUT2D eigenvalue weighted by molar-refractivity contribution is -0.352. The standard InChI is InChI=1S/C33H40O22/c34-6-15-19(40)22(43)25(46)31(51-15)50-13-2-1-9(3-11(13)38)28-30(21(42)18-12(39)4-10(37)5-14(18)49-28)55-33-27(48)24(45)29(17(8-36)53-33)54-32-26(47)23(44)20(41)16(7-35)52-32/h1-5,15-17,19-20,22-27,29,31-41,43-48H,6-8H2. The zero-order chi connectivity index (χ0) is 40.0. The second kappa shape index (κ2) is 16.3. The van der Waals surface area contributed by atoms with Crippen LogP contribution in [-0.4, -0.2) is 183 Å². The first-order valence-electron chi connectivity index (χ1n) is 16.7. The molecule has 3 aliphatic rings. The molecule has 22 nitrogen and oxygen atoms in total. The van der Waals surface area contributed by atoms with Gasteiger partial charge in [0.1, 0.15) is 95.7 Å². The van der Waals surface area contributed by atoms with Crippen LogP contribution in [0, 0.1) is 0 Å². The number of phenols is 3. The first kappa shape index (κ1) is 40.7. The predicted octanol–water partition coefficient (Wildman–Crippen LogP) is -5.24. The lowest BCUT2D eigenvalue weighted by atomic mass is 9.97. The number of fused-ring (bicyclic) bond motifs is 1. The minimum absolute atomic E-state index is 0.163. The molecule has 15 unspecified atom stereocenters. The second-order valence-corrected chi connectivity index (χ2v) is 13.0. The van der Waals surface area contributed by atoms with Crippen molar-refractivity contribution in [3.63, 3.8) is 0 Å². The number of rotatable bonds is 10. The minimum atomic E-state index is -2.13. The summed E-state index contributed by atoms with van der Waals surface area (Å²) in [5.74, 6) is -3.69. The highest BCUT2D eigenvalue weighted by Gasteiger charge is 2.51. The van der Waals surface area contributed by atoms with E-state index >= 15 is 0 Å². The van der Waals surface area contributed by atoms with Crippen molar-refractivity contribution in [2.75, 3.05) is 19.8 Å². The second-order valence-electron chi connectivity index (χ2n) is 13.0. The third-order valence-corrected chi connectivity index (χ3v) is 9.42. The van der Waals surface area contributed by atoms with E-state index in [0.29, 0.717) is 0 Å². The van der Waals surface area contributed by atoms with Gasteiger partial charge in [0, 0.05) is 17.7 Å². The summed E-state index contributed by atoms with van der Waals surface area (Å²) >= 11 is 0. The summed E-state index contributed by atoms with van der Waals surface area (Å²) in [7, 11) is 0. The van der Waals surface area contributed by atoms with E-state index in [4.69, 9.17) is 32.8 Å². The minimum Gasteiger partial charge on any atom is -0.508 e. The highest BCUT2D eigenvalue weighted by molar-refractivity contribution is 5.88. The van der Waals surface area contributed by atoms with Crippen LogP contribution in [0.25, 0.3) is 22.3 Å². The molecule has 0 spiro atoms. The van der Waals surface area contributed by atoms with Crippen LogP contribution in [0.2, 0.25) is 0 Å². The van der Waals surface area contributed by atoms with Crippen molar-refractivity contribution >= 4 is 11.0 Å². The van der Waals surface area contributed by atoms with Crippen molar-refractivity contribution in [3.05, 3.63) is 40.6 Å². The first-order chi connectivity index (χ1) is 26.1. The van der Waals surface area contributed by atoms with Gasteiger partial charge in [-0.15, -0.1) is 0 Å². The van der Waals surface area contributed by atoms with Gasteiger partial charge in [0.05, 0.1) is 19.8 Å². The van der Waals surface area contributed by atoms with Gasteiger partial charge in [-0.25, -0.2) is 0 Å². The summed E-state index contributed by atoms with van der Waals surface area (Å²) in [5, 5.41) is 143. The molecule has 3 saturated heterocycles. The molecule has 0 bridgehead atoms. The lowest BCUT2D eigenvalue weighted by Crippen LogP contribution is -2.65. The Hall–Kier alpha value is -3.95. The van der Waals surface area contributed by atoms with E-state index in [-0.39, 0.29) is 11.3 Å². The largest absolute Gasteiger partial charge is 0.508 e. The van der Waals surface area contributed by atoms with Gasteiger partial charge in [-0.1, -0.05) is 0 Å². The topological polar surface area (TPSA) is 369 Å². The van der Waals surface area contributed by atoms with E-state index in [1.165, 1.54) is 6.07 Å². The SMILES string of the molecule is O=c1c(OC2OC(CO)C(OC3OC(CO)C(O)C(O)C3O)C(O)C2O)c(-c2ccc(OC3OC(CO)C(O)C(O)C3O)c(O)c2)oc2cc(O)cc(O)c12. The van der Waals surface area contributed by atoms with Crippen molar-refractivity contribution < 1.29 is 104 Å². The van der Waals surface area contributed by atoms with Gasteiger partial charge < -0.3 is 104 Å². The van der Waals surface area contributed by atoms with Crippen LogP contribution >= 0.6 is 0 Å². The van der Waals surface area contributed by atoms with Crippen LogP contribution in [0.5, 0.6) is 28.7 Å². The number of benzene rings is 2. The van der Waals surface area contributed by atoms with Crippen molar-refractivity contribution in [1.82, 2.24) is 0 Å². The molecule has 304 valence electrons. The maximum atomic E-state index is 13.9. The predicted molar refractivity (Wildman–Crippen MR) is 174 cm³/mol. The molecule has 55 heavy (non-hydrogen) atoms. The van der Waals surface area contributed by atoms with Crippen LogP contribution in [-0.2, 0) is 18.9 Å². The van der Waals surface area contributed by atoms with Gasteiger partial charge in [-0.2, -0.15) is 0 Å². The zero-order valence-corrected chi connectivity index (χ0v) is 28.2. The Balaban J connectivity index is 1.31. The monoisotopic (exact) mass is 788 g/mol. The summed E-state index contributed by atoms with van der Waals surface area (Å²) in [5.41, 5.74) is -1.68. The first-order valence-corrected chi connectivity index (χ1v) is 16.7. The van der Waals surface area contributed by atoms with Gasteiger partial charge in [0.2, 0.25) is 23.8 Å². The molecule has 0 saturated carbocycles. The fourth-order valence-electron chi connectivity index (χ4n) is 6.38. The van der Waals surface area contributed by atoms with E-state index in [2.05, 4.69) is 0 Å². The van der Waals surface area contributed by atoms with E-state index in [0.717, 1.165) is 24.3 Å². The van der Waals surface area contributed by atoms with Gasteiger partial charge in [-0.3, -0.25) is 4.79 Å². The average Bonchev–Trinajstić information content (AvgIpc) is 3.15. The molecule has 15 atom stereocenters. The Labute approximate surface area is 307 Å². The Kier molecular flexibility index (Phi) is 12.0. The maximum absolute atomic E-state index is 13.9. The Morgan fingerprint density at radius 1 is 0.582 bits per heavy atom. The molecule has 6 rings (SSSR count). The fourth-order valence-corrected chi connectivity index (χ4v) is 6.38. The number of ether oxygens (including phenoxy) is 6. The van der Waals surface area contributed by atoms with Crippen molar-refractivity contribution in [2.24, 2.45) is 0 Å². The van der Waals surface area contributed by atoms with Crippen LogP contribution in [0.4, 0.5) is 0 Å². The van der Waals surface area contributed by atoms with E-state index in [1.54, 1.807) is 0 Å². The molecule has 0 aliphatic carbocycles. The Bertz CT molecular complexity index is 1870. The van der Waals surface area contributed by atoms with Crippen LogP contribution in [0.1, 0.15) is 0 Å². The fraction of sp³-hybridized carbons (Fsp3) is 0.545. The van der Waals surface area contributed by atoms with Gasteiger partial charge in [0.25, 0.3) is 0 Å². The summed E-state index contributed by atoms with van der Waals surface area (Å²) in [6.07, 6.45) is -26.7. The molecule has 1 aromatic heterocycles. The third kappa shape index (κ3) is 7.63. The summed E-state index contributed by atoms with van der Waals surface area (Å²) in [6, 6.07) is 5.04. The molecule has 2 aromatic carbocycles. The molecule has 4 heterocycles. The number of phenolic OH excluding ortho intramolecular Hbond substituents is 3. The Morgan fingerprint density at radius 2 is 1.13 bits per heavy atom. The Morgan fingerprint density at radius 3 is 1.73 bits per heavy atom. The molecular weight excluding hydrogens is 748 g/mol. The van der Waals surface area contributed by atoms with Gasteiger partial charge in [-0.05, 0) is 18.2 Å². The zero-order valence-electron chi connectivity index (χ0n) is 28.2. The summed E-state index contributed by atoms with van der Waals surface area (Å²) < 4.78 is 38.8. The van der Waals surface area contributed by atoms with E-state index in [9.17, 15) is 76.3 Å². The van der Waals surface area contributed by atoms with Crippen LogP contribution in [0.15, 0.2) is 39.5 Å². The quantitative estimate of drug-likeness (QED) is 0.0912. The third-order valence-electron chi connectivity index (χ3n) is 9.42. The number of hydrogen-bond donors (Lipinski definition) is 14. The van der Waals surface area contributed by atoms with Crippen LogP contribution in [0.3, 0.4) is 0 Å². The van der Waals surface area contributed by atoms with E-state index in [1.807, 2.05) is 0 Å². The molecule has 22 heteroatoms. The summed E-state index contributed by atoms with van der Waals surface area (Å²) in [4.78, 5) is 13.9. The normalized spacial score (nSPS) is 36.8. The molecule has 14 N–H and O–H groups in total. The van der Waals surface area contributed by atoms with Crippen LogP contribution < -0.4 is 14.9 Å². The molecule has 3 aromatic rings. The molecule has 3 aliphatic heterocycles. The molecule has 0 radical (unpaired) electrons. The smallest absolute Gasteiger partial charge is 0.239 e. The van der Waals surface area contributed by atoms with Crippen molar-refractivity contribution in [1.29, 1.82) is 0 Å². The maximum Gasteiger partial charge on any atom is 0.239 e. The average molecular weight is 789 g/mol. The van der Waals surface area contributed by atoms with Crippen molar-refractivity contribution in [2.45, 2.75) is 92.1 Å². The van der Waals surface area contributed by atoms with Gasteiger partial charge in [0.15, 0.2) is 23.5 Å². The number of hydrogen-bond acceptors (Lipinski definition) is 22. The number of aromatic hydroxyl groups is 3. The van der Waals surface area contributed by atoms with Crippen molar-refractivity contribution in [3.8, 4) is 40.1 Å². The number of aliphatic hydroxyl groups is 11. The lowest BCUT2D eigenvalue weighted by Gasteiger charge is -2.45. The molecular formula is C33H40O22. The van der Waals surface area contributed by atoms with Gasteiger partial charge >= 0.3 is 0 Å². The summed E-state index contributed by atoms with van der Waals surface area (Å²) in [6.45, 7) is -2.52. The molecule has 3 fully saturated rings. The van der Waals surface area contributed by atoms with E-state index < -0.39 is 157 Å². The highest BCUT2D eigenvalue weighted by atomic mass is 16.7. The highest BCUT2D eigenvalue weighted by Crippen LogP contribution is 2.41. The molecule has 0 amide bonds.